The molecule has 0 N–H and O–H groups in total. The summed E-state index contributed by atoms with van der Waals surface area (Å²) < 4.78 is 1.70. The van der Waals surface area contributed by atoms with E-state index in [0.717, 1.165) is 11.3 Å². The van der Waals surface area contributed by atoms with Gasteiger partial charge in [-0.15, -0.1) is 0 Å². The van der Waals surface area contributed by atoms with E-state index in [9.17, 15) is 4.79 Å². The third-order valence-electron chi connectivity index (χ3n) is 3.53. The van der Waals surface area contributed by atoms with Crippen LogP contribution in [0.25, 0.3) is 5.69 Å². The molecule has 114 valence electrons. The molecule has 0 radical (unpaired) electrons. The highest BCUT2D eigenvalue weighted by molar-refractivity contribution is 5.88. The largest absolute Gasteiger partial charge is 0.335 e. The Morgan fingerprint density at radius 3 is 2.59 bits per heavy atom. The highest BCUT2D eigenvalue weighted by Crippen LogP contribution is 2.20. The van der Waals surface area contributed by atoms with E-state index < -0.39 is 0 Å². The van der Waals surface area contributed by atoms with Crippen LogP contribution >= 0.6 is 0 Å². The van der Waals surface area contributed by atoms with E-state index in [-0.39, 0.29) is 11.9 Å². The predicted octanol–water partition coefficient (Wildman–Crippen LogP) is 2.92. The van der Waals surface area contributed by atoms with E-state index in [1.807, 2.05) is 50.3 Å². The van der Waals surface area contributed by atoms with Gasteiger partial charge in [-0.2, -0.15) is 5.10 Å². The van der Waals surface area contributed by atoms with E-state index in [1.54, 1.807) is 35.1 Å². The minimum atomic E-state index is -0.0223. The van der Waals surface area contributed by atoms with Crippen LogP contribution in [0.5, 0.6) is 0 Å². The Morgan fingerprint density at radius 1 is 1.27 bits per heavy atom. The summed E-state index contributed by atoms with van der Waals surface area (Å²) in [5.74, 6) is -0.0223. The summed E-state index contributed by atoms with van der Waals surface area (Å²) in [5, 5.41) is 4.09. The maximum atomic E-state index is 12.1. The molecule has 0 spiro atoms. The number of likely N-dealkylation sites (N-methyl/N-ethyl adjacent to an activating group) is 1. The number of amides is 1. The van der Waals surface area contributed by atoms with Crippen molar-refractivity contribution < 1.29 is 4.79 Å². The van der Waals surface area contributed by atoms with Crippen LogP contribution in [0.1, 0.15) is 25.5 Å². The summed E-state index contributed by atoms with van der Waals surface area (Å²) in [5.41, 5.74) is 2.01. The van der Waals surface area contributed by atoms with Gasteiger partial charge in [0.05, 0.1) is 11.7 Å². The molecule has 1 amide bonds. The van der Waals surface area contributed by atoms with Crippen molar-refractivity contribution in [2.75, 3.05) is 7.05 Å². The molecule has 0 aliphatic carbocycles. The lowest BCUT2D eigenvalue weighted by Crippen LogP contribution is -2.27. The van der Waals surface area contributed by atoms with Crippen molar-refractivity contribution in [3.8, 4) is 5.69 Å². The molecule has 0 aliphatic rings. The summed E-state index contributed by atoms with van der Waals surface area (Å²) in [7, 11) is 1.80. The molecule has 0 aliphatic heterocycles. The number of carbonyl (C=O) groups excluding carboxylic acids is 1. The van der Waals surface area contributed by atoms with E-state index in [1.165, 1.54) is 6.33 Å². The van der Waals surface area contributed by atoms with E-state index in [0.29, 0.717) is 0 Å². The summed E-state index contributed by atoms with van der Waals surface area (Å²) in [6.07, 6.45) is 10.2. The van der Waals surface area contributed by atoms with Crippen molar-refractivity contribution in [1.29, 1.82) is 0 Å². The molecule has 2 rings (SSSR count). The molecule has 5 heteroatoms. The molecule has 0 bridgehead atoms. The normalized spacial score (nSPS) is 12.9. The number of aromatic nitrogens is 3. The Balaban J connectivity index is 2.09. The maximum Gasteiger partial charge on any atom is 0.246 e. The van der Waals surface area contributed by atoms with Crippen LogP contribution in [0.2, 0.25) is 0 Å². The SMILES string of the molecule is C/C=C/C=C/C(=O)N(C)[C@H](C)c1ccc(-n2cncn2)cc1. The first-order chi connectivity index (χ1) is 10.6. The third kappa shape index (κ3) is 3.69. The topological polar surface area (TPSA) is 51.0 Å². The summed E-state index contributed by atoms with van der Waals surface area (Å²) in [6.45, 7) is 3.92. The lowest BCUT2D eigenvalue weighted by molar-refractivity contribution is -0.126. The smallest absolute Gasteiger partial charge is 0.246 e. The van der Waals surface area contributed by atoms with Gasteiger partial charge >= 0.3 is 0 Å². The highest BCUT2D eigenvalue weighted by Gasteiger charge is 2.15. The Labute approximate surface area is 130 Å². The van der Waals surface area contributed by atoms with Crippen molar-refractivity contribution in [3.05, 3.63) is 66.8 Å². The predicted molar refractivity (Wildman–Crippen MR) is 86.5 cm³/mol. The number of hydrogen-bond acceptors (Lipinski definition) is 3. The van der Waals surface area contributed by atoms with Gasteiger partial charge in [0.25, 0.3) is 0 Å². The number of allylic oxidation sites excluding steroid dienone is 3. The molecule has 1 aromatic heterocycles. The van der Waals surface area contributed by atoms with Gasteiger partial charge in [-0.05, 0) is 31.5 Å². The second-order valence-corrected chi connectivity index (χ2v) is 4.94. The molecule has 0 fully saturated rings. The van der Waals surface area contributed by atoms with Gasteiger partial charge in [-0.25, -0.2) is 9.67 Å². The Hall–Kier alpha value is -2.69. The Kier molecular flexibility index (Phi) is 5.25. The number of nitrogens with zero attached hydrogens (tertiary/aromatic N) is 4. The highest BCUT2D eigenvalue weighted by atomic mass is 16.2. The van der Waals surface area contributed by atoms with E-state index >= 15 is 0 Å². The van der Waals surface area contributed by atoms with Gasteiger partial charge in [0.15, 0.2) is 0 Å². The van der Waals surface area contributed by atoms with Gasteiger partial charge in [0.1, 0.15) is 12.7 Å². The molecular weight excluding hydrogens is 276 g/mol. The van der Waals surface area contributed by atoms with Gasteiger partial charge in [-0.1, -0.05) is 30.4 Å². The van der Waals surface area contributed by atoms with Crippen molar-refractivity contribution >= 4 is 5.91 Å². The van der Waals surface area contributed by atoms with Gasteiger partial charge < -0.3 is 4.90 Å². The van der Waals surface area contributed by atoms with Crippen LogP contribution in [-0.2, 0) is 4.79 Å². The van der Waals surface area contributed by atoms with Crippen LogP contribution in [-0.4, -0.2) is 32.6 Å². The first kappa shape index (κ1) is 15.7. The molecule has 0 unspecified atom stereocenters. The fourth-order valence-corrected chi connectivity index (χ4v) is 2.03. The zero-order chi connectivity index (χ0) is 15.9. The average Bonchev–Trinajstić information content (AvgIpc) is 3.08. The Bertz CT molecular complexity index is 656. The molecule has 5 nitrogen and oxygen atoms in total. The zero-order valence-electron chi connectivity index (χ0n) is 13.0. The van der Waals surface area contributed by atoms with Crippen LogP contribution in [0.15, 0.2) is 61.2 Å². The fourth-order valence-electron chi connectivity index (χ4n) is 2.03. The van der Waals surface area contributed by atoms with Gasteiger partial charge in [0, 0.05) is 13.1 Å². The Morgan fingerprint density at radius 2 is 2.00 bits per heavy atom. The standard InChI is InChI=1S/C17H20N4O/c1-4-5-6-7-17(22)20(3)14(2)15-8-10-16(11-9-15)21-13-18-12-19-21/h4-14H,1-3H3/b5-4+,7-6+/t14-/m1/s1. The first-order valence-electron chi connectivity index (χ1n) is 7.14. The monoisotopic (exact) mass is 296 g/mol. The summed E-state index contributed by atoms with van der Waals surface area (Å²) in [4.78, 5) is 17.7. The average molecular weight is 296 g/mol. The number of hydrogen-bond donors (Lipinski definition) is 0. The molecule has 1 atom stereocenters. The number of rotatable bonds is 5. The van der Waals surface area contributed by atoms with Crippen LogP contribution in [0, 0.1) is 0 Å². The van der Waals surface area contributed by atoms with Crippen LogP contribution in [0.3, 0.4) is 0 Å². The van der Waals surface area contributed by atoms with Crippen LogP contribution < -0.4 is 0 Å². The molecule has 1 aromatic carbocycles. The molecular formula is C17H20N4O. The van der Waals surface area contributed by atoms with Gasteiger partial charge in [0.2, 0.25) is 5.91 Å². The van der Waals surface area contributed by atoms with Crippen molar-refractivity contribution in [2.45, 2.75) is 19.9 Å². The lowest BCUT2D eigenvalue weighted by Gasteiger charge is -2.24. The fraction of sp³-hybridized carbons (Fsp3) is 0.235. The van der Waals surface area contributed by atoms with Gasteiger partial charge in [-0.3, -0.25) is 4.79 Å². The minimum Gasteiger partial charge on any atom is -0.335 e. The third-order valence-corrected chi connectivity index (χ3v) is 3.53. The number of carbonyl (C=O) groups is 1. The van der Waals surface area contributed by atoms with Crippen molar-refractivity contribution in [2.24, 2.45) is 0 Å². The zero-order valence-corrected chi connectivity index (χ0v) is 13.0. The minimum absolute atomic E-state index is 0.00690. The molecule has 1 heterocycles. The second kappa shape index (κ2) is 7.36. The van der Waals surface area contributed by atoms with E-state index in [2.05, 4.69) is 10.1 Å². The van der Waals surface area contributed by atoms with E-state index in [4.69, 9.17) is 0 Å². The van der Waals surface area contributed by atoms with Crippen molar-refractivity contribution in [3.63, 3.8) is 0 Å². The lowest BCUT2D eigenvalue weighted by atomic mass is 10.1. The molecule has 22 heavy (non-hydrogen) atoms. The van der Waals surface area contributed by atoms with Crippen LogP contribution in [0.4, 0.5) is 0 Å². The first-order valence-corrected chi connectivity index (χ1v) is 7.14. The maximum absolute atomic E-state index is 12.1. The van der Waals surface area contributed by atoms with Crippen molar-refractivity contribution in [1.82, 2.24) is 19.7 Å². The molecule has 0 saturated heterocycles. The quantitative estimate of drug-likeness (QED) is 0.629. The second-order valence-electron chi connectivity index (χ2n) is 4.94. The summed E-state index contributed by atoms with van der Waals surface area (Å²) in [6, 6.07) is 7.93. The number of benzene rings is 1. The molecule has 0 saturated carbocycles. The summed E-state index contributed by atoms with van der Waals surface area (Å²) >= 11 is 0. The molecule has 2 aromatic rings.